The molecule has 128 valence electrons. The second-order valence-electron chi connectivity index (χ2n) is 5.83. The van der Waals surface area contributed by atoms with Gasteiger partial charge < -0.3 is 9.84 Å². The first-order valence-corrected chi connectivity index (χ1v) is 7.80. The predicted molar refractivity (Wildman–Crippen MR) is 91.8 cm³/mol. The molecule has 0 saturated heterocycles. The fourth-order valence-corrected chi connectivity index (χ4v) is 2.42. The standard InChI is InChI=1S/C17H17N5O3/c1-11(2)15(19-13-5-3-4-6-14(13)22(23)24)17-20-16(21-25-17)12-7-9-18-10-8-12/h3-11,15,19H,1-2H3. The smallest absolute Gasteiger partial charge is 0.292 e. The Labute approximate surface area is 144 Å². The van der Waals surface area contributed by atoms with E-state index in [1.54, 1.807) is 42.7 Å². The van der Waals surface area contributed by atoms with Crippen molar-refractivity contribution in [1.82, 2.24) is 15.1 Å². The average molecular weight is 339 g/mol. The van der Waals surface area contributed by atoms with Crippen molar-refractivity contribution in [3.63, 3.8) is 0 Å². The lowest BCUT2D eigenvalue weighted by molar-refractivity contribution is -0.384. The van der Waals surface area contributed by atoms with Gasteiger partial charge in [-0.3, -0.25) is 15.1 Å². The normalized spacial score (nSPS) is 12.1. The summed E-state index contributed by atoms with van der Waals surface area (Å²) in [5.41, 5.74) is 1.20. The summed E-state index contributed by atoms with van der Waals surface area (Å²) in [5.74, 6) is 0.901. The van der Waals surface area contributed by atoms with E-state index in [1.807, 2.05) is 13.8 Å². The van der Waals surface area contributed by atoms with Crippen molar-refractivity contribution >= 4 is 11.4 Å². The number of rotatable bonds is 6. The number of nitrogens with one attached hydrogen (secondary N) is 1. The Hall–Kier alpha value is -3.29. The molecule has 0 spiro atoms. The maximum Gasteiger partial charge on any atom is 0.292 e. The molecule has 25 heavy (non-hydrogen) atoms. The molecule has 0 radical (unpaired) electrons. The largest absolute Gasteiger partial charge is 0.368 e. The first-order valence-electron chi connectivity index (χ1n) is 7.80. The van der Waals surface area contributed by atoms with Crippen LogP contribution in [0.15, 0.2) is 53.3 Å². The third-order valence-electron chi connectivity index (χ3n) is 3.72. The van der Waals surface area contributed by atoms with Crippen LogP contribution in [0.1, 0.15) is 25.8 Å². The highest BCUT2D eigenvalue weighted by molar-refractivity contribution is 5.62. The van der Waals surface area contributed by atoms with E-state index in [0.29, 0.717) is 17.4 Å². The minimum absolute atomic E-state index is 0.00187. The highest BCUT2D eigenvalue weighted by atomic mass is 16.6. The van der Waals surface area contributed by atoms with Crippen LogP contribution in [0.25, 0.3) is 11.4 Å². The number of nitrogens with zero attached hydrogens (tertiary/aromatic N) is 4. The molecule has 1 N–H and O–H groups in total. The van der Waals surface area contributed by atoms with Crippen molar-refractivity contribution in [2.75, 3.05) is 5.32 Å². The molecular formula is C17H17N5O3. The molecule has 8 heteroatoms. The van der Waals surface area contributed by atoms with Crippen LogP contribution in [0.3, 0.4) is 0 Å². The third kappa shape index (κ3) is 3.63. The Morgan fingerprint density at radius 1 is 1.16 bits per heavy atom. The molecule has 0 aliphatic heterocycles. The van der Waals surface area contributed by atoms with E-state index in [-0.39, 0.29) is 17.6 Å². The summed E-state index contributed by atoms with van der Waals surface area (Å²) in [4.78, 5) is 19.2. The first-order chi connectivity index (χ1) is 12.1. The minimum atomic E-state index is -0.421. The number of pyridine rings is 1. The minimum Gasteiger partial charge on any atom is -0.368 e. The van der Waals surface area contributed by atoms with Crippen LogP contribution in [0, 0.1) is 16.0 Å². The third-order valence-corrected chi connectivity index (χ3v) is 3.72. The van der Waals surface area contributed by atoms with Gasteiger partial charge >= 0.3 is 0 Å². The SMILES string of the molecule is CC(C)C(Nc1ccccc1[N+](=O)[O-])c1nc(-c2ccncc2)no1. The summed E-state index contributed by atoms with van der Waals surface area (Å²) in [6.45, 7) is 3.95. The Morgan fingerprint density at radius 2 is 1.88 bits per heavy atom. The quantitative estimate of drug-likeness (QED) is 0.537. The van der Waals surface area contributed by atoms with Crippen LogP contribution >= 0.6 is 0 Å². The summed E-state index contributed by atoms with van der Waals surface area (Å²) >= 11 is 0. The van der Waals surface area contributed by atoms with Crippen LogP contribution in [-0.2, 0) is 0 Å². The Bertz CT molecular complexity index is 863. The Balaban J connectivity index is 1.91. The van der Waals surface area contributed by atoms with E-state index in [9.17, 15) is 10.1 Å². The second kappa shape index (κ2) is 7.08. The molecule has 2 heterocycles. The molecule has 0 aliphatic rings. The van der Waals surface area contributed by atoms with Gasteiger partial charge in [0, 0.05) is 24.0 Å². The van der Waals surface area contributed by atoms with Crippen LogP contribution in [0.4, 0.5) is 11.4 Å². The van der Waals surface area contributed by atoms with Crippen LogP contribution in [0.2, 0.25) is 0 Å². The number of hydrogen-bond donors (Lipinski definition) is 1. The lowest BCUT2D eigenvalue weighted by Crippen LogP contribution is -2.18. The second-order valence-corrected chi connectivity index (χ2v) is 5.83. The molecule has 1 unspecified atom stereocenters. The number of nitro benzene ring substituents is 1. The van der Waals surface area contributed by atoms with Crippen LogP contribution in [-0.4, -0.2) is 20.0 Å². The van der Waals surface area contributed by atoms with E-state index in [1.165, 1.54) is 6.07 Å². The van der Waals surface area contributed by atoms with Gasteiger partial charge in [-0.1, -0.05) is 31.1 Å². The summed E-state index contributed by atoms with van der Waals surface area (Å²) in [6.07, 6.45) is 3.30. The number of anilines is 1. The summed E-state index contributed by atoms with van der Waals surface area (Å²) < 4.78 is 5.40. The van der Waals surface area contributed by atoms with Gasteiger partial charge in [-0.25, -0.2) is 0 Å². The fourth-order valence-electron chi connectivity index (χ4n) is 2.42. The Morgan fingerprint density at radius 3 is 2.56 bits per heavy atom. The molecule has 1 atom stereocenters. The molecule has 0 bridgehead atoms. The van der Waals surface area contributed by atoms with E-state index < -0.39 is 4.92 Å². The average Bonchev–Trinajstić information content (AvgIpc) is 3.10. The summed E-state index contributed by atoms with van der Waals surface area (Å²) in [7, 11) is 0. The lowest BCUT2D eigenvalue weighted by Gasteiger charge is -2.19. The molecule has 3 aromatic rings. The fraction of sp³-hybridized carbons (Fsp3) is 0.235. The maximum absolute atomic E-state index is 11.2. The van der Waals surface area contributed by atoms with Crippen LogP contribution < -0.4 is 5.32 Å². The van der Waals surface area contributed by atoms with Crippen molar-refractivity contribution in [2.24, 2.45) is 5.92 Å². The topological polar surface area (TPSA) is 107 Å². The van der Waals surface area contributed by atoms with E-state index in [2.05, 4.69) is 20.4 Å². The zero-order chi connectivity index (χ0) is 17.8. The zero-order valence-electron chi connectivity index (χ0n) is 13.8. The molecule has 2 aromatic heterocycles. The number of aromatic nitrogens is 3. The van der Waals surface area contributed by atoms with Gasteiger partial charge in [0.15, 0.2) is 0 Å². The van der Waals surface area contributed by atoms with Gasteiger partial charge in [-0.05, 0) is 24.1 Å². The monoisotopic (exact) mass is 339 g/mol. The highest BCUT2D eigenvalue weighted by Crippen LogP contribution is 2.31. The van der Waals surface area contributed by atoms with Gasteiger partial charge in [-0.2, -0.15) is 4.98 Å². The van der Waals surface area contributed by atoms with Gasteiger partial charge in [-0.15, -0.1) is 0 Å². The van der Waals surface area contributed by atoms with Crippen molar-refractivity contribution in [2.45, 2.75) is 19.9 Å². The van der Waals surface area contributed by atoms with Crippen LogP contribution in [0.5, 0.6) is 0 Å². The first kappa shape index (κ1) is 16.6. The van der Waals surface area contributed by atoms with E-state index in [4.69, 9.17) is 4.52 Å². The molecule has 0 amide bonds. The molecule has 3 rings (SSSR count). The van der Waals surface area contributed by atoms with Gasteiger partial charge in [0.05, 0.1) is 4.92 Å². The van der Waals surface area contributed by atoms with Crippen molar-refractivity contribution in [3.05, 3.63) is 64.8 Å². The maximum atomic E-state index is 11.2. The van der Waals surface area contributed by atoms with Gasteiger partial charge in [0.2, 0.25) is 11.7 Å². The van der Waals surface area contributed by atoms with Gasteiger partial charge in [0.25, 0.3) is 5.69 Å². The molecule has 0 aliphatic carbocycles. The number of nitro groups is 1. The summed E-state index contributed by atoms with van der Waals surface area (Å²) in [5, 5.41) is 18.4. The number of hydrogen-bond acceptors (Lipinski definition) is 7. The Kier molecular flexibility index (Phi) is 4.69. The number of benzene rings is 1. The number of para-hydroxylation sites is 2. The predicted octanol–water partition coefficient (Wildman–Crippen LogP) is 3.85. The van der Waals surface area contributed by atoms with Crippen molar-refractivity contribution in [1.29, 1.82) is 0 Å². The molecule has 0 saturated carbocycles. The molecule has 0 fully saturated rings. The zero-order valence-corrected chi connectivity index (χ0v) is 13.8. The molecular weight excluding hydrogens is 322 g/mol. The van der Waals surface area contributed by atoms with E-state index in [0.717, 1.165) is 5.56 Å². The van der Waals surface area contributed by atoms with Crippen molar-refractivity contribution in [3.8, 4) is 11.4 Å². The van der Waals surface area contributed by atoms with Crippen molar-refractivity contribution < 1.29 is 9.45 Å². The lowest BCUT2D eigenvalue weighted by atomic mass is 10.0. The summed E-state index contributed by atoms with van der Waals surface area (Å²) in [6, 6.07) is 9.70. The molecule has 8 nitrogen and oxygen atoms in total. The van der Waals surface area contributed by atoms with Gasteiger partial charge in [0.1, 0.15) is 11.7 Å². The van der Waals surface area contributed by atoms with E-state index >= 15 is 0 Å². The molecule has 1 aromatic carbocycles. The highest BCUT2D eigenvalue weighted by Gasteiger charge is 2.25.